The number of hydrogen-bond donors (Lipinski definition) is 2. The molecule has 1 amide bonds. The summed E-state index contributed by atoms with van der Waals surface area (Å²) in [6, 6.07) is 10.0. The molecule has 0 aliphatic carbocycles. The smallest absolute Gasteiger partial charge is 0.339 e. The highest BCUT2D eigenvalue weighted by Gasteiger charge is 2.28. The van der Waals surface area contributed by atoms with Crippen molar-refractivity contribution in [2.75, 3.05) is 19.7 Å². The molecule has 32 heavy (non-hydrogen) atoms. The summed E-state index contributed by atoms with van der Waals surface area (Å²) in [6.07, 6.45) is -1.34. The largest absolute Gasteiger partial charge is 0.454 e. The zero-order valence-electron chi connectivity index (χ0n) is 20.2. The molecule has 2 aliphatic heterocycles. The van der Waals surface area contributed by atoms with Crippen LogP contribution in [-0.2, 0) is 20.7 Å². The number of ether oxygens (including phenoxy) is 2. The third-order valence-corrected chi connectivity index (χ3v) is 5.50. The van der Waals surface area contributed by atoms with E-state index in [1.165, 1.54) is 24.3 Å². The van der Waals surface area contributed by atoms with Crippen molar-refractivity contribution >= 4 is 11.9 Å². The van der Waals surface area contributed by atoms with Crippen molar-refractivity contribution in [1.82, 2.24) is 10.6 Å². The molecule has 2 aromatic carbocycles. The normalized spacial score (nSPS) is 22.9. The monoisotopic (exact) mass is 440 g/mol. The van der Waals surface area contributed by atoms with Gasteiger partial charge in [0.05, 0.1) is 11.6 Å². The molecule has 1 saturated heterocycles. The van der Waals surface area contributed by atoms with Crippen molar-refractivity contribution in [3.63, 3.8) is 0 Å². The lowest BCUT2D eigenvalue weighted by Gasteiger charge is -2.18. The summed E-state index contributed by atoms with van der Waals surface area (Å²) < 4.78 is 48.3. The Morgan fingerprint density at radius 3 is 2.97 bits per heavy atom. The van der Waals surface area contributed by atoms with E-state index in [1.807, 2.05) is 6.07 Å². The highest BCUT2D eigenvalue weighted by Crippen LogP contribution is 2.34. The molecule has 0 radical (unpaired) electrons. The molecule has 7 nitrogen and oxygen atoms in total. The second kappa shape index (κ2) is 9.47. The molecule has 166 valence electrons. The first-order chi connectivity index (χ1) is 16.7. The summed E-state index contributed by atoms with van der Waals surface area (Å²) >= 11 is 0. The minimum Gasteiger partial charge on any atom is -0.454 e. The quantitative estimate of drug-likeness (QED) is 0.694. The number of hydrogen-bond acceptors (Lipinski definition) is 6. The van der Waals surface area contributed by atoms with Crippen LogP contribution in [0.15, 0.2) is 36.4 Å². The number of nitrogens with one attached hydrogen (secondary N) is 2. The van der Waals surface area contributed by atoms with Crippen LogP contribution >= 0.6 is 0 Å². The lowest BCUT2D eigenvalue weighted by Crippen LogP contribution is -2.46. The first-order valence-electron chi connectivity index (χ1n) is 11.8. The molecule has 0 spiro atoms. The van der Waals surface area contributed by atoms with E-state index < -0.39 is 42.8 Å². The number of carbonyl (C=O) groups excluding carboxylic acids is 2. The zero-order valence-corrected chi connectivity index (χ0v) is 17.2. The van der Waals surface area contributed by atoms with Crippen LogP contribution in [0, 0.1) is 17.1 Å². The van der Waals surface area contributed by atoms with Crippen LogP contribution in [0.3, 0.4) is 0 Å². The van der Waals surface area contributed by atoms with Gasteiger partial charge in [-0.25, -0.2) is 9.18 Å². The Kier molecular flexibility index (Phi) is 5.42. The summed E-state index contributed by atoms with van der Waals surface area (Å²) in [4.78, 5) is 24.4. The van der Waals surface area contributed by atoms with Crippen LogP contribution in [0.5, 0.6) is 0 Å². The predicted octanol–water partition coefficient (Wildman–Crippen LogP) is 2.65. The van der Waals surface area contributed by atoms with Gasteiger partial charge >= 0.3 is 5.97 Å². The van der Waals surface area contributed by atoms with E-state index in [9.17, 15) is 19.2 Å². The van der Waals surface area contributed by atoms with Crippen molar-refractivity contribution in [2.24, 2.45) is 0 Å². The van der Waals surface area contributed by atoms with E-state index in [0.717, 1.165) is 13.0 Å². The molecule has 2 aliphatic rings. The van der Waals surface area contributed by atoms with Gasteiger partial charge in [0, 0.05) is 29.2 Å². The fourth-order valence-electron chi connectivity index (χ4n) is 3.77. The third-order valence-electron chi connectivity index (χ3n) is 5.50. The standard InChI is InChI=1S/C24H24FN3O4/c1-14-20-10-15(5-6-19(20)24(30)32-14)16-3-4-17(21(25)11-16)9-18(12-26)28-23(29)22-13-27-7-2-8-31-22/h3-6,10-11,14,18,22,27H,2,7-9,13H2,1H3,(H,28,29)/t14-,18+,22+/m1/s1/i1D3. The van der Waals surface area contributed by atoms with Crippen LogP contribution in [0.25, 0.3) is 11.1 Å². The van der Waals surface area contributed by atoms with Gasteiger partial charge in [0.2, 0.25) is 0 Å². The van der Waals surface area contributed by atoms with E-state index in [0.29, 0.717) is 24.3 Å². The summed E-state index contributed by atoms with van der Waals surface area (Å²) in [5.74, 6) is -1.71. The maximum absolute atomic E-state index is 15.0. The predicted molar refractivity (Wildman–Crippen MR) is 114 cm³/mol. The number of halogens is 1. The number of esters is 1. The molecular formula is C24H24FN3O4. The van der Waals surface area contributed by atoms with Gasteiger partial charge in [0.25, 0.3) is 5.91 Å². The number of carbonyl (C=O) groups is 2. The van der Waals surface area contributed by atoms with Gasteiger partial charge in [0.1, 0.15) is 24.1 Å². The minimum atomic E-state index is -2.52. The lowest BCUT2D eigenvalue weighted by molar-refractivity contribution is -0.132. The highest BCUT2D eigenvalue weighted by atomic mass is 19.1. The second-order valence-electron chi connectivity index (χ2n) is 7.71. The molecular weight excluding hydrogens is 413 g/mol. The Morgan fingerprint density at radius 1 is 1.38 bits per heavy atom. The third kappa shape index (κ3) is 4.64. The van der Waals surface area contributed by atoms with Crippen LogP contribution in [-0.4, -0.2) is 43.7 Å². The Balaban J connectivity index is 1.49. The van der Waals surface area contributed by atoms with Crippen LogP contribution in [0.2, 0.25) is 0 Å². The average Bonchev–Trinajstić information content (AvgIpc) is 2.99. The molecule has 4 rings (SSSR count). The lowest BCUT2D eigenvalue weighted by atomic mass is 9.96. The van der Waals surface area contributed by atoms with Gasteiger partial charge in [-0.15, -0.1) is 0 Å². The Hall–Kier alpha value is -3.28. The maximum Gasteiger partial charge on any atom is 0.339 e. The molecule has 0 bridgehead atoms. The Bertz CT molecular complexity index is 1170. The fraction of sp³-hybridized carbons (Fsp3) is 0.375. The number of amides is 1. The fourth-order valence-corrected chi connectivity index (χ4v) is 3.77. The first-order valence-corrected chi connectivity index (χ1v) is 10.3. The van der Waals surface area contributed by atoms with Crippen molar-refractivity contribution < 1.29 is 27.6 Å². The molecule has 0 unspecified atom stereocenters. The molecule has 0 aromatic heterocycles. The number of rotatable bonds is 5. The minimum absolute atomic E-state index is 0.0395. The Labute approximate surface area is 189 Å². The van der Waals surface area contributed by atoms with Crippen molar-refractivity contribution in [3.8, 4) is 17.2 Å². The molecule has 8 heteroatoms. The Morgan fingerprint density at radius 2 is 2.19 bits per heavy atom. The van der Waals surface area contributed by atoms with E-state index >= 15 is 0 Å². The number of benzene rings is 2. The number of nitrogens with zero attached hydrogens (tertiary/aromatic N) is 1. The summed E-state index contributed by atoms with van der Waals surface area (Å²) in [7, 11) is 0. The average molecular weight is 440 g/mol. The van der Waals surface area contributed by atoms with Crippen molar-refractivity contribution in [2.45, 2.75) is 37.9 Å². The van der Waals surface area contributed by atoms with Gasteiger partial charge in [-0.05, 0) is 54.7 Å². The molecule has 2 N–H and O–H groups in total. The van der Waals surface area contributed by atoms with Gasteiger partial charge in [0.15, 0.2) is 0 Å². The second-order valence-corrected chi connectivity index (χ2v) is 7.71. The van der Waals surface area contributed by atoms with E-state index in [4.69, 9.17) is 13.6 Å². The topological polar surface area (TPSA) is 100 Å². The SMILES string of the molecule is [2H]C([2H])([2H])[C@H]1OC(=O)c2ccc(-c3ccc(C[C@@H](C#N)NC(=O)[C@@H]4CNCCCO4)c(F)c3)cc21. The molecule has 2 aromatic rings. The molecule has 3 atom stereocenters. The van der Waals surface area contributed by atoms with Crippen molar-refractivity contribution in [3.05, 3.63) is 58.9 Å². The summed E-state index contributed by atoms with van der Waals surface area (Å²) in [6.45, 7) is -1.00. The number of cyclic esters (lactones) is 1. The molecule has 1 fully saturated rings. The summed E-state index contributed by atoms with van der Waals surface area (Å²) in [5.41, 5.74) is 1.63. The van der Waals surface area contributed by atoms with Crippen LogP contribution in [0.1, 0.15) is 45.0 Å². The zero-order chi connectivity index (χ0) is 25.2. The van der Waals surface area contributed by atoms with Crippen molar-refractivity contribution in [1.29, 1.82) is 5.26 Å². The van der Waals surface area contributed by atoms with Crippen LogP contribution < -0.4 is 10.6 Å². The molecule has 0 saturated carbocycles. The van der Waals surface area contributed by atoms with Gasteiger partial charge < -0.3 is 20.1 Å². The van der Waals surface area contributed by atoms with Crippen LogP contribution in [0.4, 0.5) is 4.39 Å². The van der Waals surface area contributed by atoms with E-state index in [2.05, 4.69) is 10.6 Å². The maximum atomic E-state index is 15.0. The van der Waals surface area contributed by atoms with Gasteiger partial charge in [-0.3, -0.25) is 4.79 Å². The number of fused-ring (bicyclic) bond motifs is 1. The summed E-state index contributed by atoms with van der Waals surface area (Å²) in [5, 5.41) is 15.2. The highest BCUT2D eigenvalue weighted by molar-refractivity contribution is 5.94. The van der Waals surface area contributed by atoms with E-state index in [1.54, 1.807) is 12.1 Å². The number of nitriles is 1. The first kappa shape index (κ1) is 18.3. The molecule has 2 heterocycles. The van der Waals surface area contributed by atoms with Gasteiger partial charge in [-0.2, -0.15) is 5.26 Å². The van der Waals surface area contributed by atoms with Gasteiger partial charge in [-0.1, -0.05) is 18.2 Å². The van der Waals surface area contributed by atoms with E-state index in [-0.39, 0.29) is 23.1 Å².